The maximum Gasteiger partial charge on any atom is 0.318 e. The van der Waals surface area contributed by atoms with Gasteiger partial charge in [0.2, 0.25) is 0 Å². The molecule has 0 aromatic rings. The third-order valence-electron chi connectivity index (χ3n) is 0.807. The molecular weight excluding hydrogens is 228 g/mol. The van der Waals surface area contributed by atoms with Gasteiger partial charge in [0.25, 0.3) is 0 Å². The zero-order valence-corrected chi connectivity index (χ0v) is 8.75. The number of aliphatic carboxylic acids is 1. The number of thiol groups is 1. The van der Waals surface area contributed by atoms with Gasteiger partial charge in [-0.05, 0) is 19.7 Å². The highest BCUT2D eigenvalue weighted by atomic mass is 33.7. The van der Waals surface area contributed by atoms with Crippen molar-refractivity contribution in [3.05, 3.63) is 0 Å². The van der Waals surface area contributed by atoms with Gasteiger partial charge in [0, 0.05) is 0 Å². The van der Waals surface area contributed by atoms with E-state index in [1.54, 1.807) is 41.2 Å². The fraction of sp³-hybridized carbons (Fsp3) is 0.667. The second-order valence-corrected chi connectivity index (χ2v) is 8.43. The van der Waals surface area contributed by atoms with Crippen molar-refractivity contribution in [2.24, 2.45) is 0 Å². The van der Waals surface area contributed by atoms with E-state index in [-0.39, 0.29) is 4.58 Å². The lowest BCUT2D eigenvalue weighted by atomic mass is 10.5. The van der Waals surface area contributed by atoms with E-state index >= 15 is 0 Å². The minimum Gasteiger partial charge on any atom is -0.480 e. The Morgan fingerprint density at radius 2 is 2.00 bits per heavy atom. The van der Waals surface area contributed by atoms with Gasteiger partial charge in [-0.1, -0.05) is 21.6 Å². The molecule has 7 heteroatoms. The average Bonchev–Trinajstić information content (AvgIpc) is 2.36. The summed E-state index contributed by atoms with van der Waals surface area (Å²) >= 11 is 3.95. The topological polar surface area (TPSA) is 37.3 Å². The van der Waals surface area contributed by atoms with Crippen LogP contribution < -0.4 is 0 Å². The standard InChI is InChI=1S/C3H4O2S5/c4-2(5)1(6)3-7-9-10-8-3/h1,3,6H,(H,4,5). The molecule has 0 radical (unpaired) electrons. The van der Waals surface area contributed by atoms with E-state index in [4.69, 9.17) is 5.11 Å². The van der Waals surface area contributed by atoms with Crippen LogP contribution in [-0.2, 0) is 4.79 Å². The molecule has 0 spiro atoms. The number of rotatable bonds is 2. The Bertz CT molecular complexity index is 133. The summed E-state index contributed by atoms with van der Waals surface area (Å²) in [6.45, 7) is 0. The maximum atomic E-state index is 10.4. The van der Waals surface area contributed by atoms with Gasteiger partial charge >= 0.3 is 5.97 Å². The lowest BCUT2D eigenvalue weighted by molar-refractivity contribution is -0.136. The molecule has 1 rings (SSSR count). The molecule has 0 saturated carbocycles. The molecule has 1 aliphatic rings. The Morgan fingerprint density at radius 3 is 2.40 bits per heavy atom. The third kappa shape index (κ3) is 2.37. The highest BCUT2D eigenvalue weighted by Gasteiger charge is 2.30. The van der Waals surface area contributed by atoms with Gasteiger partial charge in [-0.15, -0.1) is 0 Å². The van der Waals surface area contributed by atoms with Crippen molar-refractivity contribution in [2.75, 3.05) is 0 Å². The first-order valence-corrected chi connectivity index (χ1v) is 7.74. The molecule has 0 aromatic carbocycles. The Labute approximate surface area is 79.3 Å². The zero-order chi connectivity index (χ0) is 7.56. The van der Waals surface area contributed by atoms with Crippen LogP contribution in [0.5, 0.6) is 0 Å². The first-order valence-electron chi connectivity index (χ1n) is 2.28. The number of hydrogen-bond donors (Lipinski definition) is 2. The van der Waals surface area contributed by atoms with Crippen molar-refractivity contribution in [3.63, 3.8) is 0 Å². The van der Waals surface area contributed by atoms with E-state index in [0.29, 0.717) is 0 Å². The number of hydrogen-bond acceptors (Lipinski definition) is 6. The second-order valence-electron chi connectivity index (χ2n) is 1.48. The van der Waals surface area contributed by atoms with E-state index in [1.807, 2.05) is 0 Å². The molecule has 1 aliphatic heterocycles. The summed E-state index contributed by atoms with van der Waals surface area (Å²) in [6.07, 6.45) is 0. The molecule has 10 heavy (non-hydrogen) atoms. The predicted octanol–water partition coefficient (Wildman–Crippen LogP) is 2.39. The van der Waals surface area contributed by atoms with Crippen LogP contribution in [0.15, 0.2) is 0 Å². The first-order chi connectivity index (χ1) is 4.72. The normalized spacial score (nSPS) is 22.9. The molecule has 1 fully saturated rings. The molecule has 0 amide bonds. The monoisotopic (exact) mass is 232 g/mol. The quantitative estimate of drug-likeness (QED) is 0.562. The van der Waals surface area contributed by atoms with Gasteiger partial charge in [0.1, 0.15) is 5.25 Å². The minimum atomic E-state index is -0.837. The highest BCUT2D eigenvalue weighted by Crippen LogP contribution is 2.60. The van der Waals surface area contributed by atoms with Crippen molar-refractivity contribution < 1.29 is 9.90 Å². The highest BCUT2D eigenvalue weighted by molar-refractivity contribution is 9.31. The second kappa shape index (κ2) is 4.30. The van der Waals surface area contributed by atoms with Crippen molar-refractivity contribution >= 4 is 59.8 Å². The van der Waals surface area contributed by atoms with Crippen LogP contribution in [0.3, 0.4) is 0 Å². The number of carboxylic acid groups (broad SMARTS) is 1. The van der Waals surface area contributed by atoms with E-state index in [0.717, 1.165) is 0 Å². The van der Waals surface area contributed by atoms with Crippen molar-refractivity contribution in [1.29, 1.82) is 0 Å². The molecule has 1 N–H and O–H groups in total. The van der Waals surface area contributed by atoms with Gasteiger partial charge in [-0.3, -0.25) is 4.79 Å². The maximum absolute atomic E-state index is 10.4. The predicted molar refractivity (Wildman–Crippen MR) is 54.6 cm³/mol. The van der Waals surface area contributed by atoms with Crippen LogP contribution in [0.1, 0.15) is 0 Å². The van der Waals surface area contributed by atoms with E-state index in [1.165, 1.54) is 0 Å². The van der Waals surface area contributed by atoms with Gasteiger partial charge < -0.3 is 5.11 Å². The van der Waals surface area contributed by atoms with Crippen LogP contribution in [0.25, 0.3) is 0 Å². The van der Waals surface area contributed by atoms with Crippen molar-refractivity contribution in [1.82, 2.24) is 0 Å². The van der Waals surface area contributed by atoms with E-state index in [9.17, 15) is 4.79 Å². The molecule has 0 bridgehead atoms. The van der Waals surface area contributed by atoms with Crippen LogP contribution in [0, 0.1) is 0 Å². The Hall–Kier alpha value is 1.22. The van der Waals surface area contributed by atoms with E-state index < -0.39 is 11.2 Å². The minimum absolute atomic E-state index is 0.0795. The van der Waals surface area contributed by atoms with Crippen LogP contribution >= 0.6 is 53.9 Å². The zero-order valence-electron chi connectivity index (χ0n) is 4.59. The molecular formula is C3H4O2S5. The van der Waals surface area contributed by atoms with Gasteiger partial charge in [0.15, 0.2) is 0 Å². The fourth-order valence-corrected chi connectivity index (χ4v) is 9.91. The summed E-state index contributed by atoms with van der Waals surface area (Å²) in [7, 11) is 6.35. The molecule has 2 nitrogen and oxygen atoms in total. The fourth-order valence-electron chi connectivity index (χ4n) is 0.347. The van der Waals surface area contributed by atoms with Gasteiger partial charge in [-0.25, -0.2) is 0 Å². The molecule has 58 valence electrons. The summed E-state index contributed by atoms with van der Waals surface area (Å²) in [6, 6.07) is 0. The van der Waals surface area contributed by atoms with Crippen molar-refractivity contribution in [3.8, 4) is 0 Å². The van der Waals surface area contributed by atoms with Gasteiger partial charge in [0.05, 0.1) is 4.58 Å². The lowest BCUT2D eigenvalue weighted by Crippen LogP contribution is -2.21. The molecule has 0 aromatic heterocycles. The van der Waals surface area contributed by atoms with Crippen LogP contribution in [-0.4, -0.2) is 20.9 Å². The Morgan fingerprint density at radius 1 is 1.50 bits per heavy atom. The molecule has 1 unspecified atom stereocenters. The summed E-state index contributed by atoms with van der Waals surface area (Å²) in [4.78, 5) is 10.4. The summed E-state index contributed by atoms with van der Waals surface area (Å²) < 4.78 is 0.0795. The smallest absolute Gasteiger partial charge is 0.318 e. The summed E-state index contributed by atoms with van der Waals surface area (Å²) in [5, 5.41) is 7.98. The van der Waals surface area contributed by atoms with Crippen LogP contribution in [0.4, 0.5) is 0 Å². The Balaban J connectivity index is 2.39. The number of carboxylic acids is 1. The van der Waals surface area contributed by atoms with Gasteiger partial charge in [-0.2, -0.15) is 12.6 Å². The third-order valence-corrected chi connectivity index (χ3v) is 9.47. The molecule has 0 aliphatic carbocycles. The number of carbonyl (C=O) groups is 1. The Kier molecular flexibility index (Phi) is 4.00. The molecule has 1 atom stereocenters. The average molecular weight is 232 g/mol. The van der Waals surface area contributed by atoms with Crippen molar-refractivity contribution in [2.45, 2.75) is 9.83 Å². The first kappa shape index (κ1) is 9.31. The van der Waals surface area contributed by atoms with E-state index in [2.05, 4.69) is 12.6 Å². The molecule has 1 saturated heterocycles. The largest absolute Gasteiger partial charge is 0.480 e. The lowest BCUT2D eigenvalue weighted by Gasteiger charge is -2.08. The summed E-state index contributed by atoms with van der Waals surface area (Å²) in [5.41, 5.74) is 0. The van der Waals surface area contributed by atoms with Crippen LogP contribution in [0.2, 0.25) is 0 Å². The summed E-state index contributed by atoms with van der Waals surface area (Å²) in [5.74, 6) is -0.837. The SMILES string of the molecule is O=C(O)C(S)C1SSSS1. The molecule has 1 heterocycles.